The number of amides is 1. The third-order valence-electron chi connectivity index (χ3n) is 5.08. The number of aryl methyl sites for hydroxylation is 2. The third kappa shape index (κ3) is 3.56. The van der Waals surface area contributed by atoms with Crippen LogP contribution >= 0.6 is 15.9 Å². The first-order valence-electron chi connectivity index (χ1n) is 9.36. The maximum absolute atomic E-state index is 13.5. The molecule has 2 heterocycles. The first-order chi connectivity index (χ1) is 14.4. The Morgan fingerprint density at radius 1 is 1.20 bits per heavy atom. The highest BCUT2D eigenvalue weighted by Gasteiger charge is 2.36. The highest BCUT2D eigenvalue weighted by Crippen LogP contribution is 2.40. The molecule has 1 amide bonds. The Morgan fingerprint density at radius 3 is 2.73 bits per heavy atom. The van der Waals surface area contributed by atoms with Crippen molar-refractivity contribution in [2.45, 2.75) is 26.8 Å². The second kappa shape index (κ2) is 7.91. The van der Waals surface area contributed by atoms with E-state index in [1.807, 2.05) is 57.2 Å². The zero-order chi connectivity index (χ0) is 21.4. The molecule has 1 aromatic heterocycles. The number of nitrogens with one attached hydrogen (secondary N) is 2. The van der Waals surface area contributed by atoms with Crippen LogP contribution in [0, 0.1) is 13.8 Å². The average molecular weight is 469 g/mol. The Hall–Kier alpha value is -3.20. The number of allylic oxidation sites excluding steroid dienone is 1. The molecule has 2 aromatic carbocycles. The Morgan fingerprint density at radius 2 is 2.00 bits per heavy atom. The predicted octanol–water partition coefficient (Wildman–Crippen LogP) is 3.99. The van der Waals surface area contributed by atoms with Gasteiger partial charge in [-0.25, -0.2) is 0 Å². The van der Waals surface area contributed by atoms with E-state index < -0.39 is 6.04 Å². The quantitative estimate of drug-likeness (QED) is 0.600. The number of anilines is 2. The van der Waals surface area contributed by atoms with Crippen LogP contribution in [-0.2, 0) is 4.79 Å². The van der Waals surface area contributed by atoms with Crippen LogP contribution in [0.1, 0.15) is 29.7 Å². The zero-order valence-electron chi connectivity index (χ0n) is 17.0. The number of rotatable bonds is 4. The molecule has 0 spiro atoms. The Kier molecular flexibility index (Phi) is 5.29. The maximum Gasteiger partial charge on any atom is 0.255 e. The summed E-state index contributed by atoms with van der Waals surface area (Å²) in [6.07, 6.45) is 0. The topological polar surface area (TPSA) is 94.0 Å². The van der Waals surface area contributed by atoms with E-state index >= 15 is 0 Å². The van der Waals surface area contributed by atoms with Gasteiger partial charge in [-0.05, 0) is 61.0 Å². The summed E-state index contributed by atoms with van der Waals surface area (Å²) >= 11 is 3.52. The molecule has 0 radical (unpaired) electrons. The normalized spacial score (nSPS) is 15.4. The molecule has 1 atom stereocenters. The van der Waals surface area contributed by atoms with E-state index in [-0.39, 0.29) is 5.91 Å². The molecule has 1 aliphatic heterocycles. The van der Waals surface area contributed by atoms with Crippen LogP contribution in [0.25, 0.3) is 0 Å². The van der Waals surface area contributed by atoms with Gasteiger partial charge < -0.3 is 15.4 Å². The summed E-state index contributed by atoms with van der Waals surface area (Å²) in [6.45, 7) is 5.83. The van der Waals surface area contributed by atoms with Crippen molar-refractivity contribution in [1.82, 2.24) is 20.2 Å². The number of fused-ring (bicyclic) bond motifs is 1. The van der Waals surface area contributed by atoms with Crippen molar-refractivity contribution in [3.8, 4) is 5.75 Å². The number of hydrogen-bond donors (Lipinski definition) is 2. The summed E-state index contributed by atoms with van der Waals surface area (Å²) in [6, 6.07) is 11.0. The molecule has 3 aromatic rings. The number of methoxy groups -OCH3 is 1. The molecule has 1 unspecified atom stereocenters. The van der Waals surface area contributed by atoms with Gasteiger partial charge in [0.25, 0.3) is 5.91 Å². The van der Waals surface area contributed by atoms with E-state index in [9.17, 15) is 4.79 Å². The van der Waals surface area contributed by atoms with E-state index in [0.717, 1.165) is 26.9 Å². The molecule has 154 valence electrons. The van der Waals surface area contributed by atoms with Gasteiger partial charge in [-0.1, -0.05) is 38.7 Å². The number of carbonyl (C=O) groups is 1. The molecule has 1 aliphatic rings. The molecule has 9 heteroatoms. The minimum absolute atomic E-state index is 0.236. The maximum atomic E-state index is 13.5. The summed E-state index contributed by atoms with van der Waals surface area (Å²) in [5.74, 6) is 0.860. The van der Waals surface area contributed by atoms with Crippen LogP contribution < -0.4 is 15.4 Å². The van der Waals surface area contributed by atoms with Crippen molar-refractivity contribution < 1.29 is 9.53 Å². The third-order valence-corrected chi connectivity index (χ3v) is 5.57. The molecular formula is C21H21BrN6O2. The molecule has 8 nitrogen and oxygen atoms in total. The van der Waals surface area contributed by atoms with Gasteiger partial charge in [0.05, 0.1) is 12.7 Å². The first kappa shape index (κ1) is 20.1. The lowest BCUT2D eigenvalue weighted by atomic mass is 9.94. The highest BCUT2D eigenvalue weighted by atomic mass is 79.9. The fourth-order valence-corrected chi connectivity index (χ4v) is 4.04. The lowest BCUT2D eigenvalue weighted by Gasteiger charge is -2.29. The van der Waals surface area contributed by atoms with Crippen molar-refractivity contribution in [3.63, 3.8) is 0 Å². The number of halogens is 1. The van der Waals surface area contributed by atoms with Crippen LogP contribution in [0.15, 0.2) is 52.1 Å². The fourth-order valence-electron chi connectivity index (χ4n) is 3.66. The summed E-state index contributed by atoms with van der Waals surface area (Å²) in [7, 11) is 1.60. The molecule has 0 aliphatic carbocycles. The molecule has 0 saturated carbocycles. The molecule has 0 fully saturated rings. The Balaban J connectivity index is 1.82. The summed E-state index contributed by atoms with van der Waals surface area (Å²) in [5, 5.41) is 18.1. The average Bonchev–Trinajstić information content (AvgIpc) is 3.16. The smallest absolute Gasteiger partial charge is 0.255 e. The Labute approximate surface area is 182 Å². The molecule has 0 saturated heterocycles. The lowest BCUT2D eigenvalue weighted by Crippen LogP contribution is -2.32. The van der Waals surface area contributed by atoms with Gasteiger partial charge >= 0.3 is 0 Å². The molecule has 30 heavy (non-hydrogen) atoms. The van der Waals surface area contributed by atoms with E-state index in [1.54, 1.807) is 11.8 Å². The summed E-state index contributed by atoms with van der Waals surface area (Å²) in [5.41, 5.74) is 4.83. The standard InChI is InChI=1S/C21H21BrN6O2/c1-11-5-7-16(12(2)9-11)24-20(29)18-13(3)23-21-25-26-27-28(21)19(18)15-10-14(22)6-8-17(15)30-4/h5-10,19H,1-4H3,(H,24,29)(H,23,25,27). The molecule has 0 bridgehead atoms. The number of ether oxygens (including phenoxy) is 1. The molecule has 4 rings (SSSR count). The highest BCUT2D eigenvalue weighted by molar-refractivity contribution is 9.10. The monoisotopic (exact) mass is 468 g/mol. The zero-order valence-corrected chi connectivity index (χ0v) is 18.6. The molecular weight excluding hydrogens is 448 g/mol. The second-order valence-electron chi connectivity index (χ2n) is 7.17. The fraction of sp³-hybridized carbons (Fsp3) is 0.238. The minimum atomic E-state index is -0.561. The minimum Gasteiger partial charge on any atom is -0.496 e. The predicted molar refractivity (Wildman–Crippen MR) is 118 cm³/mol. The first-order valence-corrected chi connectivity index (χ1v) is 10.2. The number of hydrogen-bond acceptors (Lipinski definition) is 6. The van der Waals surface area contributed by atoms with Gasteiger partial charge in [-0.3, -0.25) is 4.79 Å². The van der Waals surface area contributed by atoms with Crippen LogP contribution in [0.2, 0.25) is 0 Å². The summed E-state index contributed by atoms with van der Waals surface area (Å²) in [4.78, 5) is 13.5. The number of tetrazole rings is 1. The second-order valence-corrected chi connectivity index (χ2v) is 8.09. The number of carbonyl (C=O) groups excluding carboxylic acids is 1. The van der Waals surface area contributed by atoms with E-state index in [2.05, 4.69) is 42.1 Å². The van der Waals surface area contributed by atoms with Crippen LogP contribution in [0.3, 0.4) is 0 Å². The van der Waals surface area contributed by atoms with Gasteiger partial charge in [0.15, 0.2) is 0 Å². The van der Waals surface area contributed by atoms with Gasteiger partial charge in [0, 0.05) is 21.4 Å². The van der Waals surface area contributed by atoms with Gasteiger partial charge in [0.2, 0.25) is 5.95 Å². The van der Waals surface area contributed by atoms with Gasteiger partial charge in [0.1, 0.15) is 11.8 Å². The number of aromatic nitrogens is 4. The van der Waals surface area contributed by atoms with Crippen molar-refractivity contribution >= 4 is 33.5 Å². The van der Waals surface area contributed by atoms with Crippen LogP contribution in [-0.4, -0.2) is 33.2 Å². The van der Waals surface area contributed by atoms with Crippen molar-refractivity contribution in [3.05, 3.63) is 68.8 Å². The SMILES string of the molecule is COc1ccc(Br)cc1C1C(C(=O)Nc2ccc(C)cc2C)=C(C)Nc2nnnn21. The van der Waals surface area contributed by atoms with Gasteiger partial charge in [-0.15, -0.1) is 0 Å². The largest absolute Gasteiger partial charge is 0.496 e. The lowest BCUT2D eigenvalue weighted by molar-refractivity contribution is -0.113. The van der Waals surface area contributed by atoms with E-state index in [1.165, 1.54) is 0 Å². The van der Waals surface area contributed by atoms with Crippen molar-refractivity contribution in [2.75, 3.05) is 17.7 Å². The van der Waals surface area contributed by atoms with E-state index in [0.29, 0.717) is 23.0 Å². The van der Waals surface area contributed by atoms with Gasteiger partial charge in [-0.2, -0.15) is 4.68 Å². The van der Waals surface area contributed by atoms with Crippen molar-refractivity contribution in [1.29, 1.82) is 0 Å². The summed E-state index contributed by atoms with van der Waals surface area (Å²) < 4.78 is 8.03. The van der Waals surface area contributed by atoms with Crippen molar-refractivity contribution in [2.24, 2.45) is 0 Å². The van der Waals surface area contributed by atoms with Crippen LogP contribution in [0.4, 0.5) is 11.6 Å². The number of nitrogens with zero attached hydrogens (tertiary/aromatic N) is 4. The Bertz CT molecular complexity index is 1170. The molecule has 2 N–H and O–H groups in total. The van der Waals surface area contributed by atoms with Crippen LogP contribution in [0.5, 0.6) is 5.75 Å². The van der Waals surface area contributed by atoms with E-state index in [4.69, 9.17) is 4.74 Å². The number of benzene rings is 2.